The van der Waals surface area contributed by atoms with Gasteiger partial charge in [-0.2, -0.15) is 0 Å². The summed E-state index contributed by atoms with van der Waals surface area (Å²) in [6, 6.07) is 8.42. The molecular formula is C16H26N2O. The Hall–Kier alpha value is -1.22. The smallest absolute Gasteiger partial charge is 0.119 e. The van der Waals surface area contributed by atoms with E-state index >= 15 is 0 Å². The molecule has 1 saturated heterocycles. The minimum atomic E-state index is 0.217. The predicted octanol–water partition coefficient (Wildman–Crippen LogP) is 2.91. The van der Waals surface area contributed by atoms with Crippen LogP contribution in [0.15, 0.2) is 24.3 Å². The van der Waals surface area contributed by atoms with Crippen LogP contribution >= 0.6 is 0 Å². The summed E-state index contributed by atoms with van der Waals surface area (Å²) < 4.78 is 5.23. The molecule has 0 amide bonds. The molecule has 0 aliphatic carbocycles. The minimum absolute atomic E-state index is 0.217. The van der Waals surface area contributed by atoms with Crippen molar-refractivity contribution >= 4 is 5.69 Å². The molecule has 0 saturated carbocycles. The van der Waals surface area contributed by atoms with E-state index in [1.807, 2.05) is 19.2 Å². The van der Waals surface area contributed by atoms with Crippen molar-refractivity contribution in [2.24, 2.45) is 5.92 Å². The van der Waals surface area contributed by atoms with Crippen molar-refractivity contribution in [2.75, 3.05) is 32.1 Å². The van der Waals surface area contributed by atoms with Crippen molar-refractivity contribution in [1.82, 2.24) is 5.32 Å². The van der Waals surface area contributed by atoms with Crippen LogP contribution in [0.5, 0.6) is 5.75 Å². The van der Waals surface area contributed by atoms with Gasteiger partial charge in [0.05, 0.1) is 7.11 Å². The molecule has 0 aromatic heterocycles. The van der Waals surface area contributed by atoms with E-state index in [0.717, 1.165) is 24.8 Å². The van der Waals surface area contributed by atoms with Gasteiger partial charge >= 0.3 is 0 Å². The molecule has 1 atom stereocenters. The lowest BCUT2D eigenvalue weighted by molar-refractivity contribution is 0.270. The second kappa shape index (κ2) is 5.83. The predicted molar refractivity (Wildman–Crippen MR) is 81.1 cm³/mol. The van der Waals surface area contributed by atoms with Gasteiger partial charge in [-0.1, -0.05) is 0 Å². The van der Waals surface area contributed by atoms with Gasteiger partial charge in [0, 0.05) is 17.8 Å². The van der Waals surface area contributed by atoms with Crippen LogP contribution in [-0.2, 0) is 0 Å². The molecule has 1 aliphatic rings. The lowest BCUT2D eigenvalue weighted by atomic mass is 9.82. The Bertz CT molecular complexity index is 400. The summed E-state index contributed by atoms with van der Waals surface area (Å²) >= 11 is 0. The Morgan fingerprint density at radius 2 is 2.00 bits per heavy atom. The number of rotatable bonds is 4. The van der Waals surface area contributed by atoms with Crippen LogP contribution in [0.25, 0.3) is 0 Å². The van der Waals surface area contributed by atoms with Crippen molar-refractivity contribution in [3.63, 3.8) is 0 Å². The van der Waals surface area contributed by atoms with Crippen molar-refractivity contribution in [3.05, 3.63) is 24.3 Å². The molecule has 1 aromatic rings. The Morgan fingerprint density at radius 1 is 1.32 bits per heavy atom. The lowest BCUT2D eigenvalue weighted by Crippen LogP contribution is -2.51. The Kier molecular flexibility index (Phi) is 4.35. The molecular weight excluding hydrogens is 236 g/mol. The van der Waals surface area contributed by atoms with Crippen LogP contribution in [0.3, 0.4) is 0 Å². The van der Waals surface area contributed by atoms with Gasteiger partial charge in [0.2, 0.25) is 0 Å². The van der Waals surface area contributed by atoms with E-state index in [0.29, 0.717) is 0 Å². The molecule has 1 unspecified atom stereocenters. The summed E-state index contributed by atoms with van der Waals surface area (Å²) in [7, 11) is 3.75. The number of methoxy groups -OCH3 is 1. The van der Waals surface area contributed by atoms with Gasteiger partial charge in [-0.15, -0.1) is 0 Å². The fraction of sp³-hybridized carbons (Fsp3) is 0.625. The van der Waals surface area contributed by atoms with Crippen molar-refractivity contribution in [2.45, 2.75) is 32.2 Å². The van der Waals surface area contributed by atoms with Gasteiger partial charge in [-0.05, 0) is 70.5 Å². The van der Waals surface area contributed by atoms with Crippen LogP contribution in [0.4, 0.5) is 5.69 Å². The topological polar surface area (TPSA) is 24.5 Å². The average Bonchev–Trinajstić information content (AvgIpc) is 2.38. The fourth-order valence-corrected chi connectivity index (χ4v) is 3.24. The molecule has 0 spiro atoms. The third-order valence-corrected chi connectivity index (χ3v) is 4.16. The summed E-state index contributed by atoms with van der Waals surface area (Å²) in [5, 5.41) is 3.31. The molecule has 0 radical (unpaired) electrons. The fourth-order valence-electron chi connectivity index (χ4n) is 3.24. The average molecular weight is 262 g/mol. The number of nitrogens with one attached hydrogen (secondary N) is 1. The second-order valence-corrected chi connectivity index (χ2v) is 6.08. The summed E-state index contributed by atoms with van der Waals surface area (Å²) in [4.78, 5) is 2.53. The first-order valence-corrected chi connectivity index (χ1v) is 7.13. The van der Waals surface area contributed by atoms with E-state index in [4.69, 9.17) is 4.74 Å². The highest BCUT2D eigenvalue weighted by molar-refractivity contribution is 5.51. The van der Waals surface area contributed by atoms with E-state index in [1.54, 1.807) is 7.11 Å². The maximum absolute atomic E-state index is 5.23. The Morgan fingerprint density at radius 3 is 2.53 bits per heavy atom. The largest absolute Gasteiger partial charge is 0.497 e. The molecule has 0 bridgehead atoms. The quantitative estimate of drug-likeness (QED) is 0.903. The van der Waals surface area contributed by atoms with Crippen LogP contribution in [0, 0.1) is 5.92 Å². The van der Waals surface area contributed by atoms with Gasteiger partial charge < -0.3 is 15.0 Å². The normalized spacial score (nSPS) is 22.3. The third kappa shape index (κ3) is 3.21. The molecule has 3 heteroatoms. The van der Waals surface area contributed by atoms with Gasteiger partial charge in [0.1, 0.15) is 5.75 Å². The molecule has 1 N–H and O–H groups in total. The van der Waals surface area contributed by atoms with Crippen LogP contribution in [0.1, 0.15) is 26.7 Å². The van der Waals surface area contributed by atoms with E-state index in [2.05, 4.69) is 36.2 Å². The summed E-state index contributed by atoms with van der Waals surface area (Å²) in [6.45, 7) is 6.95. The summed E-state index contributed by atoms with van der Waals surface area (Å²) in [5.41, 5.74) is 1.52. The first-order chi connectivity index (χ1) is 9.06. The first-order valence-electron chi connectivity index (χ1n) is 7.13. The van der Waals surface area contributed by atoms with Crippen molar-refractivity contribution in [3.8, 4) is 5.75 Å². The standard InChI is InChI=1S/C16H26N2O/c1-16(2)11-13(12-17-3)9-10-18(16)14-5-7-15(19-4)8-6-14/h5-8,13,17H,9-12H2,1-4H3. The lowest BCUT2D eigenvalue weighted by Gasteiger charge is -2.47. The van der Waals surface area contributed by atoms with E-state index in [-0.39, 0.29) is 5.54 Å². The molecule has 1 fully saturated rings. The zero-order chi connectivity index (χ0) is 13.9. The van der Waals surface area contributed by atoms with Crippen LogP contribution < -0.4 is 15.0 Å². The maximum atomic E-state index is 5.23. The summed E-state index contributed by atoms with van der Waals surface area (Å²) in [6.07, 6.45) is 2.50. The Labute approximate surface area is 116 Å². The molecule has 3 nitrogen and oxygen atoms in total. The van der Waals surface area contributed by atoms with Gasteiger partial charge in [-0.25, -0.2) is 0 Å². The van der Waals surface area contributed by atoms with Crippen molar-refractivity contribution < 1.29 is 4.74 Å². The number of piperidine rings is 1. The third-order valence-electron chi connectivity index (χ3n) is 4.16. The van der Waals surface area contributed by atoms with E-state index in [9.17, 15) is 0 Å². The Balaban J connectivity index is 2.11. The molecule has 1 heterocycles. The number of nitrogens with zero attached hydrogens (tertiary/aromatic N) is 1. The highest BCUT2D eigenvalue weighted by Gasteiger charge is 2.34. The first kappa shape index (κ1) is 14.2. The highest BCUT2D eigenvalue weighted by Crippen LogP contribution is 2.35. The number of hydrogen-bond acceptors (Lipinski definition) is 3. The zero-order valence-corrected chi connectivity index (χ0v) is 12.6. The summed E-state index contributed by atoms with van der Waals surface area (Å²) in [5.74, 6) is 1.71. The van der Waals surface area contributed by atoms with Gasteiger partial charge in [-0.3, -0.25) is 0 Å². The number of hydrogen-bond donors (Lipinski definition) is 1. The van der Waals surface area contributed by atoms with Gasteiger partial charge in [0.15, 0.2) is 0 Å². The number of anilines is 1. The minimum Gasteiger partial charge on any atom is -0.497 e. The van der Waals surface area contributed by atoms with Crippen LogP contribution in [-0.4, -0.2) is 32.8 Å². The second-order valence-electron chi connectivity index (χ2n) is 6.08. The maximum Gasteiger partial charge on any atom is 0.119 e. The highest BCUT2D eigenvalue weighted by atomic mass is 16.5. The zero-order valence-electron chi connectivity index (χ0n) is 12.6. The molecule has 106 valence electrons. The number of ether oxygens (including phenoxy) is 1. The molecule has 19 heavy (non-hydrogen) atoms. The molecule has 1 aromatic carbocycles. The molecule has 1 aliphatic heterocycles. The SMILES string of the molecule is CNCC1CCN(c2ccc(OC)cc2)C(C)(C)C1. The van der Waals surface area contributed by atoms with Gasteiger partial charge in [0.25, 0.3) is 0 Å². The molecule has 2 rings (SSSR count). The monoisotopic (exact) mass is 262 g/mol. The van der Waals surface area contributed by atoms with Crippen LogP contribution in [0.2, 0.25) is 0 Å². The van der Waals surface area contributed by atoms with E-state index in [1.165, 1.54) is 18.5 Å². The van der Waals surface area contributed by atoms with E-state index < -0.39 is 0 Å². The number of benzene rings is 1. The van der Waals surface area contributed by atoms with Crippen molar-refractivity contribution in [1.29, 1.82) is 0 Å².